The summed E-state index contributed by atoms with van der Waals surface area (Å²) in [5.41, 5.74) is 1.30. The van der Waals surface area contributed by atoms with Crippen LogP contribution in [0.15, 0.2) is 36.9 Å². The van der Waals surface area contributed by atoms with Crippen LogP contribution in [0, 0.1) is 5.92 Å². The molecule has 0 radical (unpaired) electrons. The van der Waals surface area contributed by atoms with Gasteiger partial charge in [0, 0.05) is 6.54 Å². The van der Waals surface area contributed by atoms with Crippen LogP contribution < -0.4 is 10.1 Å². The molecule has 0 saturated heterocycles. The Hall–Kier alpha value is -1.28. The minimum absolute atomic E-state index is 0.562. The highest BCUT2D eigenvalue weighted by Gasteiger charge is 1.96. The van der Waals surface area contributed by atoms with Gasteiger partial charge in [0.15, 0.2) is 0 Å². The van der Waals surface area contributed by atoms with Gasteiger partial charge in [0.25, 0.3) is 0 Å². The van der Waals surface area contributed by atoms with E-state index < -0.39 is 0 Å². The van der Waals surface area contributed by atoms with Gasteiger partial charge in [-0.3, -0.25) is 0 Å². The fraction of sp³-hybridized carbons (Fsp3) is 0.500. The SMILES string of the molecule is C=CCOc1ccc(CNCCCC(C)C)cc1. The smallest absolute Gasteiger partial charge is 0.119 e. The van der Waals surface area contributed by atoms with Gasteiger partial charge in [-0.05, 0) is 43.0 Å². The van der Waals surface area contributed by atoms with E-state index in [1.807, 2.05) is 12.1 Å². The average Bonchev–Trinajstić information content (AvgIpc) is 2.37. The van der Waals surface area contributed by atoms with Crippen LogP contribution in [-0.2, 0) is 6.54 Å². The zero-order valence-corrected chi connectivity index (χ0v) is 11.6. The van der Waals surface area contributed by atoms with Gasteiger partial charge < -0.3 is 10.1 Å². The zero-order chi connectivity index (χ0) is 13.2. The first-order valence-corrected chi connectivity index (χ1v) is 6.75. The summed E-state index contributed by atoms with van der Waals surface area (Å²) < 4.78 is 5.44. The van der Waals surface area contributed by atoms with Crippen LogP contribution in [0.3, 0.4) is 0 Å². The number of rotatable bonds is 9. The summed E-state index contributed by atoms with van der Waals surface area (Å²) in [6.07, 6.45) is 4.30. The highest BCUT2D eigenvalue weighted by atomic mass is 16.5. The highest BCUT2D eigenvalue weighted by Crippen LogP contribution is 2.12. The van der Waals surface area contributed by atoms with E-state index in [0.29, 0.717) is 6.61 Å². The third kappa shape index (κ3) is 6.45. The van der Waals surface area contributed by atoms with Crippen LogP contribution in [0.1, 0.15) is 32.3 Å². The molecule has 0 bridgehead atoms. The first-order chi connectivity index (χ1) is 8.72. The summed E-state index contributed by atoms with van der Waals surface area (Å²) in [5, 5.41) is 3.46. The first-order valence-electron chi connectivity index (χ1n) is 6.75. The van der Waals surface area contributed by atoms with Crippen LogP contribution in [0.2, 0.25) is 0 Å². The minimum atomic E-state index is 0.562. The molecule has 0 heterocycles. The molecule has 1 aromatic carbocycles. The van der Waals surface area contributed by atoms with Crippen molar-refractivity contribution in [2.24, 2.45) is 5.92 Å². The molecule has 2 heteroatoms. The number of ether oxygens (including phenoxy) is 1. The van der Waals surface area contributed by atoms with Crippen molar-refractivity contribution in [1.82, 2.24) is 5.32 Å². The Bertz CT molecular complexity index is 329. The van der Waals surface area contributed by atoms with E-state index in [9.17, 15) is 0 Å². The zero-order valence-electron chi connectivity index (χ0n) is 11.6. The van der Waals surface area contributed by atoms with Gasteiger partial charge >= 0.3 is 0 Å². The second-order valence-corrected chi connectivity index (χ2v) is 4.96. The lowest BCUT2D eigenvalue weighted by atomic mass is 10.1. The van der Waals surface area contributed by atoms with Crippen LogP contribution in [0.5, 0.6) is 5.75 Å². The standard InChI is InChI=1S/C16H25NO/c1-4-12-18-16-9-7-15(8-10-16)13-17-11-5-6-14(2)3/h4,7-10,14,17H,1,5-6,11-13H2,2-3H3. The van der Waals surface area contributed by atoms with E-state index in [1.54, 1.807) is 6.08 Å². The van der Waals surface area contributed by atoms with Crippen molar-refractivity contribution >= 4 is 0 Å². The van der Waals surface area contributed by atoms with Crippen molar-refractivity contribution in [2.45, 2.75) is 33.2 Å². The fourth-order valence-corrected chi connectivity index (χ4v) is 1.73. The molecule has 0 aliphatic rings. The lowest BCUT2D eigenvalue weighted by Gasteiger charge is -2.08. The summed E-state index contributed by atoms with van der Waals surface area (Å²) in [5.74, 6) is 1.70. The topological polar surface area (TPSA) is 21.3 Å². The molecular formula is C16H25NO. The van der Waals surface area contributed by atoms with E-state index in [1.165, 1.54) is 18.4 Å². The fourth-order valence-electron chi connectivity index (χ4n) is 1.73. The van der Waals surface area contributed by atoms with Gasteiger partial charge in [0.1, 0.15) is 12.4 Å². The predicted octanol–water partition coefficient (Wildman–Crippen LogP) is 3.78. The van der Waals surface area contributed by atoms with Gasteiger partial charge in [0.2, 0.25) is 0 Å². The maximum Gasteiger partial charge on any atom is 0.119 e. The second kappa shape index (κ2) is 8.76. The molecule has 0 unspecified atom stereocenters. The molecule has 18 heavy (non-hydrogen) atoms. The van der Waals surface area contributed by atoms with Crippen molar-refractivity contribution in [3.05, 3.63) is 42.5 Å². The molecule has 0 saturated carbocycles. The van der Waals surface area contributed by atoms with Crippen molar-refractivity contribution in [2.75, 3.05) is 13.2 Å². The minimum Gasteiger partial charge on any atom is -0.490 e. The van der Waals surface area contributed by atoms with Crippen molar-refractivity contribution in [3.8, 4) is 5.75 Å². The number of benzene rings is 1. The normalized spacial score (nSPS) is 10.6. The molecule has 0 aliphatic heterocycles. The van der Waals surface area contributed by atoms with E-state index in [0.717, 1.165) is 24.8 Å². The Morgan fingerprint density at radius 2 is 2.00 bits per heavy atom. The number of hydrogen-bond acceptors (Lipinski definition) is 2. The number of nitrogens with one attached hydrogen (secondary N) is 1. The van der Waals surface area contributed by atoms with Crippen LogP contribution in [-0.4, -0.2) is 13.2 Å². The molecule has 1 N–H and O–H groups in total. The molecular weight excluding hydrogens is 222 g/mol. The lowest BCUT2D eigenvalue weighted by molar-refractivity contribution is 0.363. The Morgan fingerprint density at radius 1 is 1.28 bits per heavy atom. The van der Waals surface area contributed by atoms with E-state index in [4.69, 9.17) is 4.74 Å². The monoisotopic (exact) mass is 247 g/mol. The van der Waals surface area contributed by atoms with E-state index in [-0.39, 0.29) is 0 Å². The average molecular weight is 247 g/mol. The van der Waals surface area contributed by atoms with Crippen LogP contribution in [0.25, 0.3) is 0 Å². The molecule has 0 fully saturated rings. The van der Waals surface area contributed by atoms with Gasteiger partial charge in [-0.15, -0.1) is 0 Å². The largest absolute Gasteiger partial charge is 0.490 e. The molecule has 1 aromatic rings. The Balaban J connectivity index is 2.20. The molecule has 1 rings (SSSR count). The summed E-state index contributed by atoms with van der Waals surface area (Å²) in [6, 6.07) is 8.23. The van der Waals surface area contributed by atoms with E-state index >= 15 is 0 Å². The Labute approximate surface area is 111 Å². The molecule has 0 atom stereocenters. The third-order valence-electron chi connectivity index (χ3n) is 2.76. The third-order valence-corrected chi connectivity index (χ3v) is 2.76. The Morgan fingerprint density at radius 3 is 2.61 bits per heavy atom. The van der Waals surface area contributed by atoms with Crippen molar-refractivity contribution < 1.29 is 4.74 Å². The van der Waals surface area contributed by atoms with Gasteiger partial charge in [-0.25, -0.2) is 0 Å². The molecule has 0 amide bonds. The maximum absolute atomic E-state index is 5.44. The van der Waals surface area contributed by atoms with Crippen molar-refractivity contribution in [3.63, 3.8) is 0 Å². The lowest BCUT2D eigenvalue weighted by Crippen LogP contribution is -2.15. The predicted molar refractivity (Wildman–Crippen MR) is 77.9 cm³/mol. The van der Waals surface area contributed by atoms with Gasteiger partial charge in [-0.2, -0.15) is 0 Å². The first kappa shape index (κ1) is 14.8. The van der Waals surface area contributed by atoms with E-state index in [2.05, 4.69) is 37.9 Å². The van der Waals surface area contributed by atoms with Crippen LogP contribution >= 0.6 is 0 Å². The molecule has 2 nitrogen and oxygen atoms in total. The Kier molecular flexibility index (Phi) is 7.19. The summed E-state index contributed by atoms with van der Waals surface area (Å²) in [7, 11) is 0. The van der Waals surface area contributed by atoms with Gasteiger partial charge in [-0.1, -0.05) is 38.6 Å². The highest BCUT2D eigenvalue weighted by molar-refractivity contribution is 5.27. The maximum atomic E-state index is 5.44. The molecule has 0 aliphatic carbocycles. The quantitative estimate of drug-likeness (QED) is 0.529. The summed E-state index contributed by atoms with van der Waals surface area (Å²) >= 11 is 0. The summed E-state index contributed by atoms with van der Waals surface area (Å²) in [6.45, 7) is 10.7. The summed E-state index contributed by atoms with van der Waals surface area (Å²) in [4.78, 5) is 0. The molecule has 0 spiro atoms. The van der Waals surface area contributed by atoms with Crippen LogP contribution in [0.4, 0.5) is 0 Å². The number of hydrogen-bond donors (Lipinski definition) is 1. The molecule has 0 aromatic heterocycles. The van der Waals surface area contributed by atoms with Gasteiger partial charge in [0.05, 0.1) is 0 Å². The van der Waals surface area contributed by atoms with Crippen molar-refractivity contribution in [1.29, 1.82) is 0 Å². The molecule has 100 valence electrons. The second-order valence-electron chi connectivity index (χ2n) is 4.96.